The molecule has 0 saturated carbocycles. The van der Waals surface area contributed by atoms with Crippen LogP contribution in [0.15, 0.2) is 53.4 Å². The van der Waals surface area contributed by atoms with Crippen LogP contribution in [0.3, 0.4) is 0 Å². The zero-order valence-corrected chi connectivity index (χ0v) is 13.8. The fourth-order valence-corrected chi connectivity index (χ4v) is 3.43. The summed E-state index contributed by atoms with van der Waals surface area (Å²) in [6.07, 6.45) is 0. The van der Waals surface area contributed by atoms with Crippen LogP contribution < -0.4 is 4.72 Å². The number of ether oxygens (including phenoxy) is 1. The molecule has 0 aliphatic carbocycles. The van der Waals surface area contributed by atoms with E-state index in [1.165, 1.54) is 6.07 Å². The SMILES string of the molecule is CCOCc1ccc(CNS(=O)(=O)c2ccccc2Cl)cc1. The van der Waals surface area contributed by atoms with Gasteiger partial charge in [0.2, 0.25) is 10.0 Å². The van der Waals surface area contributed by atoms with Crippen LogP contribution in [-0.4, -0.2) is 15.0 Å². The Morgan fingerprint density at radius 2 is 1.68 bits per heavy atom. The van der Waals surface area contributed by atoms with Gasteiger partial charge in [0, 0.05) is 13.2 Å². The smallest absolute Gasteiger partial charge is 0.242 e. The molecule has 0 bridgehead atoms. The molecule has 1 N–H and O–H groups in total. The van der Waals surface area contributed by atoms with E-state index >= 15 is 0 Å². The molecule has 0 heterocycles. The summed E-state index contributed by atoms with van der Waals surface area (Å²) in [5.41, 5.74) is 1.93. The number of halogens is 1. The average Bonchev–Trinajstić information content (AvgIpc) is 2.52. The third-order valence-corrected chi connectivity index (χ3v) is 4.99. The lowest BCUT2D eigenvalue weighted by Gasteiger charge is -2.09. The average molecular weight is 340 g/mol. The molecule has 0 aromatic heterocycles. The number of nitrogens with one attached hydrogen (secondary N) is 1. The van der Waals surface area contributed by atoms with Gasteiger partial charge in [-0.05, 0) is 30.2 Å². The van der Waals surface area contributed by atoms with Crippen LogP contribution in [0, 0.1) is 0 Å². The molecule has 6 heteroatoms. The fourth-order valence-electron chi connectivity index (χ4n) is 1.89. The lowest BCUT2D eigenvalue weighted by molar-refractivity contribution is 0.134. The van der Waals surface area contributed by atoms with Gasteiger partial charge in [-0.15, -0.1) is 0 Å². The maximum Gasteiger partial charge on any atom is 0.242 e. The molecule has 0 saturated heterocycles. The van der Waals surface area contributed by atoms with Crippen molar-refractivity contribution in [3.8, 4) is 0 Å². The van der Waals surface area contributed by atoms with Crippen LogP contribution in [0.25, 0.3) is 0 Å². The summed E-state index contributed by atoms with van der Waals surface area (Å²) in [6, 6.07) is 14.0. The second kappa shape index (κ2) is 7.74. The van der Waals surface area contributed by atoms with E-state index in [9.17, 15) is 8.42 Å². The molecular weight excluding hydrogens is 322 g/mol. The predicted octanol–water partition coefficient (Wildman–Crippen LogP) is 3.36. The van der Waals surface area contributed by atoms with Gasteiger partial charge in [0.25, 0.3) is 0 Å². The number of hydrogen-bond donors (Lipinski definition) is 1. The van der Waals surface area contributed by atoms with Crippen molar-refractivity contribution >= 4 is 21.6 Å². The molecule has 0 amide bonds. The molecule has 2 aromatic rings. The second-order valence-electron chi connectivity index (χ2n) is 4.71. The molecule has 0 spiro atoms. The number of benzene rings is 2. The Morgan fingerprint density at radius 1 is 1.05 bits per heavy atom. The summed E-state index contributed by atoms with van der Waals surface area (Å²) in [6.45, 7) is 3.38. The van der Waals surface area contributed by atoms with Crippen molar-refractivity contribution in [3.05, 3.63) is 64.7 Å². The van der Waals surface area contributed by atoms with Gasteiger partial charge in [0.05, 0.1) is 11.6 Å². The van der Waals surface area contributed by atoms with Crippen molar-refractivity contribution in [3.63, 3.8) is 0 Å². The van der Waals surface area contributed by atoms with Crippen molar-refractivity contribution in [2.24, 2.45) is 0 Å². The first-order valence-electron chi connectivity index (χ1n) is 6.92. The van der Waals surface area contributed by atoms with E-state index in [1.54, 1.807) is 18.2 Å². The lowest BCUT2D eigenvalue weighted by atomic mass is 10.1. The van der Waals surface area contributed by atoms with Gasteiger partial charge >= 0.3 is 0 Å². The van der Waals surface area contributed by atoms with E-state index in [2.05, 4.69) is 4.72 Å². The van der Waals surface area contributed by atoms with E-state index in [1.807, 2.05) is 31.2 Å². The second-order valence-corrected chi connectivity index (χ2v) is 6.85. The largest absolute Gasteiger partial charge is 0.377 e. The van der Waals surface area contributed by atoms with Crippen molar-refractivity contribution < 1.29 is 13.2 Å². The zero-order valence-electron chi connectivity index (χ0n) is 12.3. The van der Waals surface area contributed by atoms with Crippen molar-refractivity contribution in [2.75, 3.05) is 6.61 Å². The van der Waals surface area contributed by atoms with E-state index in [0.717, 1.165) is 11.1 Å². The lowest BCUT2D eigenvalue weighted by Crippen LogP contribution is -2.23. The Balaban J connectivity index is 2.02. The van der Waals surface area contributed by atoms with Gasteiger partial charge < -0.3 is 4.74 Å². The Hall–Kier alpha value is -1.40. The maximum absolute atomic E-state index is 12.2. The summed E-state index contributed by atoms with van der Waals surface area (Å²) >= 11 is 5.93. The molecular formula is C16H18ClNO3S. The Kier molecular flexibility index (Phi) is 5.97. The molecule has 4 nitrogen and oxygen atoms in total. The normalized spacial score (nSPS) is 11.5. The molecule has 0 fully saturated rings. The molecule has 0 aliphatic heterocycles. The number of rotatable bonds is 7. The number of hydrogen-bond acceptors (Lipinski definition) is 3. The highest BCUT2D eigenvalue weighted by Crippen LogP contribution is 2.20. The summed E-state index contributed by atoms with van der Waals surface area (Å²) in [5.74, 6) is 0. The molecule has 118 valence electrons. The van der Waals surface area contributed by atoms with E-state index < -0.39 is 10.0 Å². The molecule has 0 radical (unpaired) electrons. The third-order valence-electron chi connectivity index (χ3n) is 3.09. The van der Waals surface area contributed by atoms with Gasteiger partial charge in [0.15, 0.2) is 0 Å². The first-order valence-corrected chi connectivity index (χ1v) is 8.79. The summed E-state index contributed by atoms with van der Waals surface area (Å²) in [4.78, 5) is 0.0876. The molecule has 0 unspecified atom stereocenters. The number of sulfonamides is 1. The van der Waals surface area contributed by atoms with Gasteiger partial charge in [-0.25, -0.2) is 13.1 Å². The highest BCUT2D eigenvalue weighted by atomic mass is 35.5. The highest BCUT2D eigenvalue weighted by molar-refractivity contribution is 7.89. The van der Waals surface area contributed by atoms with Crippen LogP contribution in [0.2, 0.25) is 5.02 Å². The van der Waals surface area contributed by atoms with Crippen LogP contribution >= 0.6 is 11.6 Å². The van der Waals surface area contributed by atoms with Crippen LogP contribution in [0.5, 0.6) is 0 Å². The van der Waals surface area contributed by atoms with Gasteiger partial charge in [-0.1, -0.05) is 48.0 Å². The summed E-state index contributed by atoms with van der Waals surface area (Å²) < 4.78 is 32.3. The molecule has 2 rings (SSSR count). The fraction of sp³-hybridized carbons (Fsp3) is 0.250. The zero-order chi connectivity index (χ0) is 16.0. The molecule has 2 aromatic carbocycles. The standard InChI is InChI=1S/C16H18ClNO3S/c1-2-21-12-14-9-7-13(8-10-14)11-18-22(19,20)16-6-4-3-5-15(16)17/h3-10,18H,2,11-12H2,1H3. The van der Waals surface area contributed by atoms with Crippen molar-refractivity contribution in [1.29, 1.82) is 0 Å². The summed E-state index contributed by atoms with van der Waals surface area (Å²) in [7, 11) is -3.62. The maximum atomic E-state index is 12.2. The minimum atomic E-state index is -3.62. The molecule has 0 atom stereocenters. The topological polar surface area (TPSA) is 55.4 Å². The van der Waals surface area contributed by atoms with Gasteiger partial charge in [-0.3, -0.25) is 0 Å². The van der Waals surface area contributed by atoms with Gasteiger partial charge in [0.1, 0.15) is 4.90 Å². The van der Waals surface area contributed by atoms with Crippen LogP contribution in [0.1, 0.15) is 18.1 Å². The van der Waals surface area contributed by atoms with E-state index in [-0.39, 0.29) is 16.5 Å². The minimum absolute atomic E-state index is 0.0876. The quantitative estimate of drug-likeness (QED) is 0.841. The first kappa shape index (κ1) is 17.0. The van der Waals surface area contributed by atoms with E-state index in [0.29, 0.717) is 13.2 Å². The summed E-state index contributed by atoms with van der Waals surface area (Å²) in [5, 5.41) is 0.210. The Labute approximate surface area is 136 Å². The van der Waals surface area contributed by atoms with Crippen LogP contribution in [0.4, 0.5) is 0 Å². The predicted molar refractivity (Wildman–Crippen MR) is 87.2 cm³/mol. The highest BCUT2D eigenvalue weighted by Gasteiger charge is 2.16. The first-order chi connectivity index (χ1) is 10.5. The Morgan fingerprint density at radius 3 is 2.32 bits per heavy atom. The molecule has 0 aliphatic rings. The van der Waals surface area contributed by atoms with Gasteiger partial charge in [-0.2, -0.15) is 0 Å². The minimum Gasteiger partial charge on any atom is -0.377 e. The van der Waals surface area contributed by atoms with Crippen LogP contribution in [-0.2, 0) is 27.9 Å². The van der Waals surface area contributed by atoms with E-state index in [4.69, 9.17) is 16.3 Å². The van der Waals surface area contributed by atoms with Crippen molar-refractivity contribution in [1.82, 2.24) is 4.72 Å². The third kappa shape index (κ3) is 4.55. The Bertz CT molecular complexity index is 714. The molecule has 22 heavy (non-hydrogen) atoms. The monoisotopic (exact) mass is 339 g/mol. The van der Waals surface area contributed by atoms with Crippen molar-refractivity contribution in [2.45, 2.75) is 25.0 Å².